The van der Waals surface area contributed by atoms with Crippen molar-refractivity contribution in [2.24, 2.45) is 0 Å². The van der Waals surface area contributed by atoms with Crippen LogP contribution in [0.15, 0.2) is 24.3 Å². The number of halogens is 1. The quantitative estimate of drug-likeness (QED) is 0.894. The van der Waals surface area contributed by atoms with Gasteiger partial charge in [-0.05, 0) is 37.0 Å². The molecule has 1 aromatic carbocycles. The highest BCUT2D eigenvalue weighted by atomic mass is 19.1. The van der Waals surface area contributed by atoms with E-state index in [2.05, 4.69) is 5.32 Å². The van der Waals surface area contributed by atoms with Gasteiger partial charge in [-0.1, -0.05) is 12.1 Å². The predicted octanol–water partition coefficient (Wildman–Crippen LogP) is 1.40. The highest BCUT2D eigenvalue weighted by Crippen LogP contribution is 2.16. The van der Waals surface area contributed by atoms with Crippen molar-refractivity contribution >= 4 is 11.9 Å². The van der Waals surface area contributed by atoms with Crippen LogP contribution in [0.3, 0.4) is 0 Å². The molecular weight excluding hydrogens is 325 g/mol. The summed E-state index contributed by atoms with van der Waals surface area (Å²) < 4.78 is 18.3. The van der Waals surface area contributed by atoms with Crippen molar-refractivity contribution in [1.29, 1.82) is 0 Å². The minimum Gasteiger partial charge on any atom is -0.368 e. The molecule has 2 heterocycles. The van der Waals surface area contributed by atoms with E-state index in [1.54, 1.807) is 21.9 Å². The molecule has 0 spiro atoms. The molecule has 0 radical (unpaired) electrons. The first-order valence-electron chi connectivity index (χ1n) is 8.81. The molecule has 2 aliphatic rings. The molecule has 3 rings (SSSR count). The Labute approximate surface area is 146 Å². The maximum Gasteiger partial charge on any atom is 0.317 e. The Bertz CT molecular complexity index is 594. The van der Waals surface area contributed by atoms with Gasteiger partial charge >= 0.3 is 6.03 Å². The van der Waals surface area contributed by atoms with Crippen molar-refractivity contribution < 1.29 is 18.7 Å². The number of amides is 3. The lowest BCUT2D eigenvalue weighted by Gasteiger charge is -2.35. The van der Waals surface area contributed by atoms with Crippen LogP contribution in [-0.4, -0.2) is 67.2 Å². The van der Waals surface area contributed by atoms with E-state index < -0.39 is 0 Å². The van der Waals surface area contributed by atoms with Crippen LogP contribution in [-0.2, 0) is 16.0 Å². The van der Waals surface area contributed by atoms with Crippen molar-refractivity contribution in [3.63, 3.8) is 0 Å². The van der Waals surface area contributed by atoms with E-state index in [0.717, 1.165) is 18.4 Å². The standard InChI is InChI=1S/C18H24FN3O3/c19-15-5-3-14(4-6-15)7-8-20-18(24)22-11-9-21(10-12-22)17(23)16-2-1-13-25-16/h3-6,16H,1-2,7-13H2,(H,20,24)/t16-/m0/s1. The molecule has 3 amide bonds. The number of ether oxygens (including phenoxy) is 1. The van der Waals surface area contributed by atoms with Gasteiger partial charge in [0.25, 0.3) is 5.91 Å². The van der Waals surface area contributed by atoms with Crippen LogP contribution in [0, 0.1) is 5.82 Å². The summed E-state index contributed by atoms with van der Waals surface area (Å²) in [4.78, 5) is 28.0. The van der Waals surface area contributed by atoms with Gasteiger partial charge in [0.1, 0.15) is 11.9 Å². The summed E-state index contributed by atoms with van der Waals surface area (Å²) in [6.45, 7) is 3.31. The second-order valence-electron chi connectivity index (χ2n) is 6.42. The number of benzene rings is 1. The second kappa shape index (κ2) is 8.29. The molecule has 0 unspecified atom stereocenters. The summed E-state index contributed by atoms with van der Waals surface area (Å²) in [6, 6.07) is 6.16. The lowest BCUT2D eigenvalue weighted by molar-refractivity contribution is -0.142. The fraction of sp³-hybridized carbons (Fsp3) is 0.556. The Kier molecular flexibility index (Phi) is 5.86. The molecule has 2 aliphatic heterocycles. The van der Waals surface area contributed by atoms with Gasteiger partial charge in [-0.15, -0.1) is 0 Å². The molecule has 1 atom stereocenters. The largest absolute Gasteiger partial charge is 0.368 e. The van der Waals surface area contributed by atoms with Crippen LogP contribution in [0.25, 0.3) is 0 Å². The molecule has 7 heteroatoms. The zero-order chi connectivity index (χ0) is 17.6. The van der Waals surface area contributed by atoms with Crippen LogP contribution in [0.1, 0.15) is 18.4 Å². The van der Waals surface area contributed by atoms with E-state index in [4.69, 9.17) is 4.74 Å². The third-order valence-electron chi connectivity index (χ3n) is 4.69. The Morgan fingerprint density at radius 2 is 1.80 bits per heavy atom. The van der Waals surface area contributed by atoms with Crippen molar-refractivity contribution in [3.05, 3.63) is 35.6 Å². The Hall–Kier alpha value is -2.15. The van der Waals surface area contributed by atoms with Crippen molar-refractivity contribution in [2.75, 3.05) is 39.3 Å². The molecule has 0 aliphatic carbocycles. The molecule has 6 nitrogen and oxygen atoms in total. The second-order valence-corrected chi connectivity index (χ2v) is 6.42. The third kappa shape index (κ3) is 4.69. The first-order valence-corrected chi connectivity index (χ1v) is 8.81. The highest BCUT2D eigenvalue weighted by molar-refractivity contribution is 5.81. The van der Waals surface area contributed by atoms with Crippen LogP contribution in [0.2, 0.25) is 0 Å². The van der Waals surface area contributed by atoms with E-state index in [0.29, 0.717) is 45.8 Å². The van der Waals surface area contributed by atoms with E-state index in [1.807, 2.05) is 0 Å². The van der Waals surface area contributed by atoms with E-state index in [1.165, 1.54) is 12.1 Å². The topological polar surface area (TPSA) is 61.9 Å². The normalized spacial score (nSPS) is 20.6. The summed E-state index contributed by atoms with van der Waals surface area (Å²) in [7, 11) is 0. The lowest BCUT2D eigenvalue weighted by Crippen LogP contribution is -2.55. The van der Waals surface area contributed by atoms with Gasteiger partial charge in [-0.25, -0.2) is 9.18 Å². The van der Waals surface area contributed by atoms with Crippen LogP contribution >= 0.6 is 0 Å². The first-order chi connectivity index (χ1) is 12.1. The van der Waals surface area contributed by atoms with Gasteiger partial charge in [-0.2, -0.15) is 0 Å². The highest BCUT2D eigenvalue weighted by Gasteiger charge is 2.31. The maximum atomic E-state index is 12.9. The van der Waals surface area contributed by atoms with E-state index >= 15 is 0 Å². The summed E-state index contributed by atoms with van der Waals surface area (Å²) in [6.07, 6.45) is 2.09. The van der Waals surface area contributed by atoms with Crippen molar-refractivity contribution in [2.45, 2.75) is 25.4 Å². The van der Waals surface area contributed by atoms with Crippen molar-refractivity contribution in [3.8, 4) is 0 Å². The zero-order valence-electron chi connectivity index (χ0n) is 14.2. The van der Waals surface area contributed by atoms with Gasteiger partial charge < -0.3 is 19.9 Å². The Morgan fingerprint density at radius 3 is 2.44 bits per heavy atom. The molecule has 25 heavy (non-hydrogen) atoms. The molecule has 0 saturated carbocycles. The van der Waals surface area contributed by atoms with Gasteiger partial charge in [0.15, 0.2) is 0 Å². The summed E-state index contributed by atoms with van der Waals surface area (Å²) in [5, 5.41) is 2.88. The number of nitrogens with one attached hydrogen (secondary N) is 1. The monoisotopic (exact) mass is 349 g/mol. The van der Waals surface area contributed by atoms with Gasteiger partial charge in [0.2, 0.25) is 0 Å². The molecule has 0 aromatic heterocycles. The maximum absolute atomic E-state index is 12.9. The Balaban J connectivity index is 1.37. The number of piperazine rings is 1. The van der Waals surface area contributed by atoms with Crippen LogP contribution < -0.4 is 5.32 Å². The van der Waals surface area contributed by atoms with Crippen LogP contribution in [0.5, 0.6) is 0 Å². The summed E-state index contributed by atoms with van der Waals surface area (Å²) in [5.41, 5.74) is 0.980. The molecule has 0 bridgehead atoms. The number of carbonyl (C=O) groups is 2. The minimum atomic E-state index is -0.295. The summed E-state index contributed by atoms with van der Waals surface area (Å²) >= 11 is 0. The number of carbonyl (C=O) groups excluding carboxylic acids is 2. The lowest BCUT2D eigenvalue weighted by atomic mass is 10.1. The van der Waals surface area contributed by atoms with Gasteiger partial charge in [-0.3, -0.25) is 4.79 Å². The zero-order valence-corrected chi connectivity index (χ0v) is 14.2. The number of nitrogens with zero attached hydrogens (tertiary/aromatic N) is 2. The fourth-order valence-electron chi connectivity index (χ4n) is 3.18. The predicted molar refractivity (Wildman–Crippen MR) is 90.6 cm³/mol. The molecule has 1 aromatic rings. The first kappa shape index (κ1) is 17.7. The summed E-state index contributed by atoms with van der Waals surface area (Å²) in [5.74, 6) is -0.211. The molecular formula is C18H24FN3O3. The van der Waals surface area contributed by atoms with Crippen LogP contribution in [0.4, 0.5) is 9.18 Å². The number of urea groups is 1. The molecule has 136 valence electrons. The smallest absolute Gasteiger partial charge is 0.317 e. The van der Waals surface area contributed by atoms with E-state index in [-0.39, 0.29) is 23.9 Å². The average Bonchev–Trinajstić information content (AvgIpc) is 3.17. The number of rotatable bonds is 4. The molecule has 2 saturated heterocycles. The number of hydrogen-bond acceptors (Lipinski definition) is 3. The van der Waals surface area contributed by atoms with E-state index in [9.17, 15) is 14.0 Å². The van der Waals surface area contributed by atoms with Crippen molar-refractivity contribution in [1.82, 2.24) is 15.1 Å². The van der Waals surface area contributed by atoms with Gasteiger partial charge in [0.05, 0.1) is 0 Å². The van der Waals surface area contributed by atoms with Gasteiger partial charge in [0, 0.05) is 39.3 Å². The third-order valence-corrected chi connectivity index (χ3v) is 4.69. The number of hydrogen-bond donors (Lipinski definition) is 1. The SMILES string of the molecule is O=C(NCCc1ccc(F)cc1)N1CCN(C(=O)[C@@H]2CCCO2)CC1. The minimum absolute atomic E-state index is 0.0499. The average molecular weight is 349 g/mol. The molecule has 1 N–H and O–H groups in total. The Morgan fingerprint density at radius 1 is 1.12 bits per heavy atom. The molecule has 2 fully saturated rings. The fourth-order valence-corrected chi connectivity index (χ4v) is 3.18.